The zero-order valence-corrected chi connectivity index (χ0v) is 12.6. The van der Waals surface area contributed by atoms with Gasteiger partial charge in [0.05, 0.1) is 12.6 Å². The highest BCUT2D eigenvalue weighted by Crippen LogP contribution is 2.28. The van der Waals surface area contributed by atoms with Crippen LogP contribution in [-0.2, 0) is 4.74 Å². The Balaban J connectivity index is 1.98. The second-order valence-corrected chi connectivity index (χ2v) is 5.65. The van der Waals surface area contributed by atoms with Crippen LogP contribution in [0, 0.1) is 11.6 Å². The number of benzene rings is 2. The largest absolute Gasteiger partial charge is 0.477 e. The fourth-order valence-electron chi connectivity index (χ4n) is 2.28. The lowest BCUT2D eigenvalue weighted by Gasteiger charge is -2.22. The zero-order chi connectivity index (χ0) is 14.8. The summed E-state index contributed by atoms with van der Waals surface area (Å²) in [6.45, 7) is 0.382. The van der Waals surface area contributed by atoms with E-state index in [1.807, 2.05) is 24.3 Å². The summed E-state index contributed by atoms with van der Waals surface area (Å²) < 4.78 is 34.0. The molecular formula is C16H12BrF2NO. The summed E-state index contributed by atoms with van der Waals surface area (Å²) in [5.41, 5.74) is 0.801. The van der Waals surface area contributed by atoms with Crippen LogP contribution in [0.4, 0.5) is 8.78 Å². The highest BCUT2D eigenvalue weighted by atomic mass is 79.9. The molecule has 0 spiro atoms. The van der Waals surface area contributed by atoms with Gasteiger partial charge in [0, 0.05) is 10.9 Å². The molecule has 21 heavy (non-hydrogen) atoms. The van der Waals surface area contributed by atoms with Crippen molar-refractivity contribution in [3.05, 3.63) is 69.7 Å². The van der Waals surface area contributed by atoms with E-state index in [-0.39, 0.29) is 17.5 Å². The predicted octanol–water partition coefficient (Wildman–Crippen LogP) is 4.64. The maximum atomic E-state index is 13.8. The average Bonchev–Trinajstić information content (AvgIpc) is 2.48. The van der Waals surface area contributed by atoms with Gasteiger partial charge in [-0.2, -0.15) is 0 Å². The third-order valence-electron chi connectivity index (χ3n) is 3.33. The van der Waals surface area contributed by atoms with Gasteiger partial charge in [-0.15, -0.1) is 0 Å². The van der Waals surface area contributed by atoms with E-state index in [9.17, 15) is 8.78 Å². The number of halogens is 3. The Bertz CT molecular complexity index is 665. The van der Waals surface area contributed by atoms with Crippen LogP contribution >= 0.6 is 15.9 Å². The van der Waals surface area contributed by atoms with Crippen LogP contribution in [0.5, 0.6) is 0 Å². The third-order valence-corrected chi connectivity index (χ3v) is 3.86. The van der Waals surface area contributed by atoms with Crippen LogP contribution in [0.1, 0.15) is 23.6 Å². The van der Waals surface area contributed by atoms with Crippen molar-refractivity contribution >= 4 is 21.8 Å². The summed E-state index contributed by atoms with van der Waals surface area (Å²) in [5.74, 6) is -1.29. The molecule has 1 atom stereocenters. The Kier molecular flexibility index (Phi) is 4.01. The molecule has 0 amide bonds. The fraction of sp³-hybridized carbons (Fsp3) is 0.188. The topological polar surface area (TPSA) is 21.6 Å². The maximum absolute atomic E-state index is 13.8. The van der Waals surface area contributed by atoms with Crippen LogP contribution in [-0.4, -0.2) is 12.5 Å². The Morgan fingerprint density at radius 1 is 1.05 bits per heavy atom. The van der Waals surface area contributed by atoms with Gasteiger partial charge in [-0.1, -0.05) is 34.1 Å². The summed E-state index contributed by atoms with van der Waals surface area (Å²) in [4.78, 5) is 4.37. The number of hydrogen-bond acceptors (Lipinski definition) is 2. The van der Waals surface area contributed by atoms with Gasteiger partial charge in [-0.25, -0.2) is 13.8 Å². The monoisotopic (exact) mass is 351 g/mol. The van der Waals surface area contributed by atoms with Crippen molar-refractivity contribution in [3.63, 3.8) is 0 Å². The molecule has 1 unspecified atom stereocenters. The molecule has 1 aliphatic rings. The van der Waals surface area contributed by atoms with Crippen molar-refractivity contribution in [1.82, 2.24) is 0 Å². The van der Waals surface area contributed by atoms with Gasteiger partial charge < -0.3 is 4.74 Å². The second kappa shape index (κ2) is 5.93. The molecule has 0 aromatic heterocycles. The number of aliphatic imine (C=N–C) groups is 1. The summed E-state index contributed by atoms with van der Waals surface area (Å²) in [6, 6.07) is 11.3. The number of hydrogen-bond donors (Lipinski definition) is 0. The molecular weight excluding hydrogens is 340 g/mol. The molecule has 0 aliphatic carbocycles. The standard InChI is InChI=1S/C16H12BrF2NO/c17-11-6-4-10(5-7-11)14-8-9-21-16(20-14)15-12(18)2-1-3-13(15)19/h1-7,14H,8-9H2. The molecule has 0 radical (unpaired) electrons. The highest BCUT2D eigenvalue weighted by Gasteiger charge is 2.23. The Hall–Kier alpha value is -1.75. The summed E-state index contributed by atoms with van der Waals surface area (Å²) >= 11 is 3.38. The van der Waals surface area contributed by atoms with Crippen molar-refractivity contribution in [3.8, 4) is 0 Å². The molecule has 5 heteroatoms. The lowest BCUT2D eigenvalue weighted by Crippen LogP contribution is -2.20. The van der Waals surface area contributed by atoms with Gasteiger partial charge in [0.1, 0.15) is 17.2 Å². The third kappa shape index (κ3) is 2.97. The summed E-state index contributed by atoms with van der Waals surface area (Å²) in [7, 11) is 0. The van der Waals surface area contributed by atoms with E-state index < -0.39 is 11.6 Å². The zero-order valence-electron chi connectivity index (χ0n) is 11.0. The van der Waals surface area contributed by atoms with Gasteiger partial charge in [0.2, 0.25) is 5.90 Å². The minimum absolute atomic E-state index is 0.0322. The molecule has 0 fully saturated rings. The minimum atomic E-state index is -0.662. The van der Waals surface area contributed by atoms with E-state index in [4.69, 9.17) is 4.74 Å². The van der Waals surface area contributed by atoms with Crippen molar-refractivity contribution < 1.29 is 13.5 Å². The van der Waals surface area contributed by atoms with E-state index in [1.54, 1.807) is 0 Å². The van der Waals surface area contributed by atoms with E-state index in [1.165, 1.54) is 18.2 Å². The average molecular weight is 352 g/mol. The van der Waals surface area contributed by atoms with Gasteiger partial charge in [0.15, 0.2) is 0 Å². The first-order chi connectivity index (χ1) is 10.1. The van der Waals surface area contributed by atoms with Crippen LogP contribution in [0.15, 0.2) is 51.9 Å². The summed E-state index contributed by atoms with van der Waals surface area (Å²) in [5, 5.41) is 0. The lowest BCUT2D eigenvalue weighted by molar-refractivity contribution is 0.260. The first-order valence-corrected chi connectivity index (χ1v) is 7.35. The molecule has 1 aliphatic heterocycles. The van der Waals surface area contributed by atoms with Crippen molar-refractivity contribution in [2.75, 3.05) is 6.61 Å². The fourth-order valence-corrected chi connectivity index (χ4v) is 2.54. The molecule has 2 aromatic carbocycles. The van der Waals surface area contributed by atoms with Gasteiger partial charge in [0.25, 0.3) is 0 Å². The normalized spacial score (nSPS) is 18.0. The lowest BCUT2D eigenvalue weighted by atomic mass is 10.0. The molecule has 108 valence electrons. The highest BCUT2D eigenvalue weighted by molar-refractivity contribution is 9.10. The van der Waals surface area contributed by atoms with Crippen LogP contribution in [0.3, 0.4) is 0 Å². The molecule has 0 bridgehead atoms. The van der Waals surface area contributed by atoms with Gasteiger partial charge in [-0.3, -0.25) is 0 Å². The van der Waals surface area contributed by atoms with Gasteiger partial charge in [-0.05, 0) is 29.8 Å². The molecule has 2 nitrogen and oxygen atoms in total. The van der Waals surface area contributed by atoms with Crippen LogP contribution in [0.2, 0.25) is 0 Å². The van der Waals surface area contributed by atoms with Crippen LogP contribution in [0.25, 0.3) is 0 Å². The van der Waals surface area contributed by atoms with Crippen molar-refractivity contribution in [2.24, 2.45) is 4.99 Å². The SMILES string of the molecule is Fc1cccc(F)c1C1=NC(c2ccc(Br)cc2)CCO1. The Labute approximate surface area is 129 Å². The van der Waals surface area contributed by atoms with E-state index >= 15 is 0 Å². The molecule has 0 N–H and O–H groups in total. The molecule has 1 heterocycles. The maximum Gasteiger partial charge on any atom is 0.222 e. The predicted molar refractivity (Wildman–Crippen MR) is 80.3 cm³/mol. The van der Waals surface area contributed by atoms with E-state index in [0.717, 1.165) is 10.0 Å². The van der Waals surface area contributed by atoms with Crippen molar-refractivity contribution in [2.45, 2.75) is 12.5 Å². The van der Waals surface area contributed by atoms with Crippen molar-refractivity contribution in [1.29, 1.82) is 0 Å². The quantitative estimate of drug-likeness (QED) is 0.772. The number of ether oxygens (including phenoxy) is 1. The molecule has 0 saturated heterocycles. The van der Waals surface area contributed by atoms with Gasteiger partial charge >= 0.3 is 0 Å². The Morgan fingerprint density at radius 3 is 2.38 bits per heavy atom. The molecule has 3 rings (SSSR count). The van der Waals surface area contributed by atoms with E-state index in [2.05, 4.69) is 20.9 Å². The second-order valence-electron chi connectivity index (χ2n) is 4.74. The van der Waals surface area contributed by atoms with E-state index in [0.29, 0.717) is 13.0 Å². The number of rotatable bonds is 2. The summed E-state index contributed by atoms with van der Waals surface area (Å²) in [6.07, 6.45) is 0.682. The van der Waals surface area contributed by atoms with Crippen LogP contribution < -0.4 is 0 Å². The minimum Gasteiger partial charge on any atom is -0.477 e. The first kappa shape index (κ1) is 14.2. The Morgan fingerprint density at radius 2 is 1.71 bits per heavy atom. The first-order valence-electron chi connectivity index (χ1n) is 6.55. The smallest absolute Gasteiger partial charge is 0.222 e. The molecule has 2 aromatic rings. The molecule has 0 saturated carbocycles. The number of nitrogens with zero attached hydrogens (tertiary/aromatic N) is 1.